The molecule has 0 aliphatic heterocycles. The van der Waals surface area contributed by atoms with E-state index < -0.39 is 15.4 Å². The first-order valence-electron chi connectivity index (χ1n) is 6.85. The van der Waals surface area contributed by atoms with Crippen LogP contribution in [-0.4, -0.2) is 24.9 Å². The fraction of sp³-hybridized carbons (Fsp3) is 0.500. The molecule has 1 atom stereocenters. The fourth-order valence-electron chi connectivity index (χ4n) is 2.31. The van der Waals surface area contributed by atoms with Crippen molar-refractivity contribution in [3.05, 3.63) is 42.0 Å². The summed E-state index contributed by atoms with van der Waals surface area (Å²) in [4.78, 5) is 0.305. The molecule has 1 rings (SSSR count). The molecule has 0 bridgehead atoms. The van der Waals surface area contributed by atoms with Crippen LogP contribution in [0.4, 0.5) is 0 Å². The Morgan fingerprint density at radius 1 is 1.30 bits per heavy atom. The van der Waals surface area contributed by atoms with Gasteiger partial charge in [-0.05, 0) is 38.8 Å². The zero-order valence-electron chi connectivity index (χ0n) is 12.5. The van der Waals surface area contributed by atoms with Crippen LogP contribution in [0.3, 0.4) is 0 Å². The van der Waals surface area contributed by atoms with E-state index in [-0.39, 0.29) is 5.75 Å². The summed E-state index contributed by atoms with van der Waals surface area (Å²) in [5, 5.41) is 10.1. The van der Waals surface area contributed by atoms with Crippen molar-refractivity contribution in [1.29, 1.82) is 0 Å². The van der Waals surface area contributed by atoms with Gasteiger partial charge in [0.1, 0.15) is 0 Å². The van der Waals surface area contributed by atoms with Crippen LogP contribution in [-0.2, 0) is 9.84 Å². The van der Waals surface area contributed by atoms with Crippen molar-refractivity contribution in [2.75, 3.05) is 5.75 Å². The Kier molecular flexibility index (Phi) is 5.54. The number of hydrogen-bond acceptors (Lipinski definition) is 3. The van der Waals surface area contributed by atoms with Crippen molar-refractivity contribution in [2.24, 2.45) is 0 Å². The highest BCUT2D eigenvalue weighted by molar-refractivity contribution is 7.91. The smallest absolute Gasteiger partial charge is 0.182 e. The zero-order chi connectivity index (χ0) is 15.4. The third-order valence-electron chi connectivity index (χ3n) is 3.19. The van der Waals surface area contributed by atoms with E-state index in [0.29, 0.717) is 23.3 Å². The second-order valence-corrected chi connectivity index (χ2v) is 7.74. The van der Waals surface area contributed by atoms with Gasteiger partial charge < -0.3 is 5.11 Å². The van der Waals surface area contributed by atoms with E-state index in [1.54, 1.807) is 31.2 Å². The van der Waals surface area contributed by atoms with Gasteiger partial charge in [0.25, 0.3) is 0 Å². The molecule has 0 fully saturated rings. The van der Waals surface area contributed by atoms with Crippen LogP contribution in [0.25, 0.3) is 0 Å². The molecule has 0 saturated heterocycles. The van der Waals surface area contributed by atoms with Crippen molar-refractivity contribution in [3.8, 4) is 0 Å². The van der Waals surface area contributed by atoms with Gasteiger partial charge in [0.2, 0.25) is 0 Å². The van der Waals surface area contributed by atoms with Gasteiger partial charge in [-0.25, -0.2) is 8.42 Å². The lowest BCUT2D eigenvalue weighted by Gasteiger charge is -2.23. The van der Waals surface area contributed by atoms with Gasteiger partial charge in [-0.15, -0.1) is 0 Å². The molecular weight excluding hydrogens is 272 g/mol. The Morgan fingerprint density at radius 2 is 1.85 bits per heavy atom. The van der Waals surface area contributed by atoms with Crippen LogP contribution < -0.4 is 0 Å². The second-order valence-electron chi connectivity index (χ2n) is 5.75. The monoisotopic (exact) mass is 296 g/mol. The first-order valence-corrected chi connectivity index (χ1v) is 8.50. The summed E-state index contributed by atoms with van der Waals surface area (Å²) in [6.07, 6.45) is 1.80. The maximum atomic E-state index is 12.3. The minimum atomic E-state index is -3.37. The number of rotatable bonds is 7. The molecule has 112 valence electrons. The zero-order valence-corrected chi connectivity index (χ0v) is 13.3. The molecular formula is C16H24O3S. The highest BCUT2D eigenvalue weighted by atomic mass is 32.2. The molecule has 0 amide bonds. The molecule has 0 aliphatic rings. The van der Waals surface area contributed by atoms with Gasteiger partial charge >= 0.3 is 0 Å². The first kappa shape index (κ1) is 16.9. The highest BCUT2D eigenvalue weighted by Gasteiger charge is 2.23. The SMILES string of the molecule is C=C(CC(C)(O)CCC)CS(=O)(=O)c1ccc(C)cc1. The molecule has 1 aromatic carbocycles. The second kappa shape index (κ2) is 6.55. The van der Waals surface area contributed by atoms with Crippen molar-refractivity contribution >= 4 is 9.84 Å². The van der Waals surface area contributed by atoms with Gasteiger partial charge in [-0.2, -0.15) is 0 Å². The molecule has 3 nitrogen and oxygen atoms in total. The topological polar surface area (TPSA) is 54.4 Å². The van der Waals surface area contributed by atoms with Crippen LogP contribution in [0.1, 0.15) is 38.7 Å². The lowest BCUT2D eigenvalue weighted by molar-refractivity contribution is 0.0508. The summed E-state index contributed by atoms with van der Waals surface area (Å²) >= 11 is 0. The Balaban J connectivity index is 2.76. The summed E-state index contributed by atoms with van der Waals surface area (Å²) in [6.45, 7) is 9.43. The van der Waals surface area contributed by atoms with Crippen LogP contribution in [0.2, 0.25) is 0 Å². The van der Waals surface area contributed by atoms with Gasteiger partial charge in [-0.3, -0.25) is 0 Å². The molecule has 4 heteroatoms. The maximum absolute atomic E-state index is 12.3. The van der Waals surface area contributed by atoms with Crippen molar-refractivity contribution in [1.82, 2.24) is 0 Å². The largest absolute Gasteiger partial charge is 0.390 e. The molecule has 0 saturated carbocycles. The lowest BCUT2D eigenvalue weighted by atomic mass is 9.93. The summed E-state index contributed by atoms with van der Waals surface area (Å²) in [6, 6.07) is 6.79. The lowest BCUT2D eigenvalue weighted by Crippen LogP contribution is -2.25. The van der Waals surface area contributed by atoms with E-state index in [1.165, 1.54) is 0 Å². The van der Waals surface area contributed by atoms with Gasteiger partial charge in [0.05, 0.1) is 16.2 Å². The van der Waals surface area contributed by atoms with E-state index in [4.69, 9.17) is 0 Å². The predicted molar refractivity (Wildman–Crippen MR) is 82.5 cm³/mol. The molecule has 1 unspecified atom stereocenters. The molecule has 0 spiro atoms. The van der Waals surface area contributed by atoms with Crippen molar-refractivity contribution in [3.63, 3.8) is 0 Å². The summed E-state index contributed by atoms with van der Waals surface area (Å²) in [5.41, 5.74) is 0.687. The maximum Gasteiger partial charge on any atom is 0.182 e. The highest BCUT2D eigenvalue weighted by Crippen LogP contribution is 2.23. The number of aliphatic hydroxyl groups is 1. The molecule has 0 radical (unpaired) electrons. The van der Waals surface area contributed by atoms with E-state index in [1.807, 2.05) is 13.8 Å². The van der Waals surface area contributed by atoms with Crippen LogP contribution in [0.5, 0.6) is 0 Å². The normalized spacial score (nSPS) is 14.8. The number of hydrogen-bond donors (Lipinski definition) is 1. The van der Waals surface area contributed by atoms with Gasteiger partial charge in [0, 0.05) is 0 Å². The average Bonchev–Trinajstić information content (AvgIpc) is 2.27. The minimum Gasteiger partial charge on any atom is -0.390 e. The van der Waals surface area contributed by atoms with Crippen molar-refractivity contribution < 1.29 is 13.5 Å². The van der Waals surface area contributed by atoms with E-state index in [0.717, 1.165) is 12.0 Å². The van der Waals surface area contributed by atoms with Gasteiger partial charge in [0.15, 0.2) is 9.84 Å². The quantitative estimate of drug-likeness (QED) is 0.786. The number of sulfone groups is 1. The Morgan fingerprint density at radius 3 is 2.35 bits per heavy atom. The van der Waals surface area contributed by atoms with Crippen LogP contribution in [0, 0.1) is 6.92 Å². The number of benzene rings is 1. The first-order chi connectivity index (χ1) is 9.16. The van der Waals surface area contributed by atoms with E-state index in [9.17, 15) is 13.5 Å². The molecule has 0 heterocycles. The fourth-order valence-corrected chi connectivity index (χ4v) is 3.67. The summed E-state index contributed by atoms with van der Waals surface area (Å²) < 4.78 is 24.5. The predicted octanol–water partition coefficient (Wildman–Crippen LogP) is 3.27. The minimum absolute atomic E-state index is 0.115. The van der Waals surface area contributed by atoms with E-state index >= 15 is 0 Å². The van der Waals surface area contributed by atoms with Crippen molar-refractivity contribution in [2.45, 2.75) is 50.5 Å². The Labute approximate surface area is 122 Å². The molecule has 1 aromatic rings. The number of aryl methyl sites for hydroxylation is 1. The Hall–Kier alpha value is -1.13. The van der Waals surface area contributed by atoms with Crippen LogP contribution in [0.15, 0.2) is 41.3 Å². The third-order valence-corrected chi connectivity index (χ3v) is 4.97. The molecule has 1 N–H and O–H groups in total. The third kappa shape index (κ3) is 5.10. The molecule has 20 heavy (non-hydrogen) atoms. The average molecular weight is 296 g/mol. The summed E-state index contributed by atoms with van der Waals surface area (Å²) in [7, 11) is -3.37. The van der Waals surface area contributed by atoms with Gasteiger partial charge in [-0.1, -0.05) is 43.2 Å². The standard InChI is InChI=1S/C16H24O3S/c1-5-10-16(4,17)11-14(3)12-20(18,19)15-8-6-13(2)7-9-15/h6-9,17H,3,5,10-12H2,1-2,4H3. The Bertz CT molecular complexity index is 554. The molecule has 0 aromatic heterocycles. The van der Waals surface area contributed by atoms with Crippen LogP contribution >= 0.6 is 0 Å². The van der Waals surface area contributed by atoms with E-state index in [2.05, 4.69) is 6.58 Å². The molecule has 0 aliphatic carbocycles. The summed E-state index contributed by atoms with van der Waals surface area (Å²) in [5.74, 6) is -0.115.